The summed E-state index contributed by atoms with van der Waals surface area (Å²) in [7, 11) is 0. The van der Waals surface area contributed by atoms with E-state index in [2.05, 4.69) is 10.1 Å². The molecule has 0 aliphatic carbocycles. The number of carbonyl (C=O) groups is 3. The number of rotatable bonds is 7. The molecule has 2 atom stereocenters. The maximum absolute atomic E-state index is 11.3. The van der Waals surface area contributed by atoms with E-state index in [1.807, 2.05) is 0 Å². The van der Waals surface area contributed by atoms with Crippen LogP contribution in [0.25, 0.3) is 0 Å². The van der Waals surface area contributed by atoms with E-state index in [1.165, 1.54) is 0 Å². The molecule has 0 aromatic heterocycles. The van der Waals surface area contributed by atoms with E-state index in [0.717, 1.165) is 0 Å². The van der Waals surface area contributed by atoms with Gasteiger partial charge in [-0.3, -0.25) is 9.59 Å². The molecule has 0 bridgehead atoms. The summed E-state index contributed by atoms with van der Waals surface area (Å²) < 4.78 is 4.59. The predicted octanol–water partition coefficient (Wildman–Crippen LogP) is -2.17. The normalized spacial score (nSPS) is 13.6. The van der Waals surface area contributed by atoms with Gasteiger partial charge in [-0.15, -0.1) is 0 Å². The van der Waals surface area contributed by atoms with Crippen molar-refractivity contribution < 1.29 is 29.3 Å². The largest absolute Gasteiger partial charge is 0.481 e. The molecule has 1 amide bonds. The number of aliphatic hydroxyl groups is 1. The van der Waals surface area contributed by atoms with Gasteiger partial charge in [0.2, 0.25) is 5.91 Å². The first kappa shape index (κ1) is 15.3. The number of ether oxygens (including phenoxy) is 1. The summed E-state index contributed by atoms with van der Waals surface area (Å²) in [4.78, 5) is 32.8. The molecule has 0 radical (unpaired) electrons. The van der Waals surface area contributed by atoms with Crippen LogP contribution < -0.4 is 11.1 Å². The van der Waals surface area contributed by atoms with Crippen molar-refractivity contribution in [1.29, 1.82) is 0 Å². The zero-order valence-electron chi connectivity index (χ0n) is 9.38. The summed E-state index contributed by atoms with van der Waals surface area (Å²) in [5, 5.41) is 19.4. The Morgan fingerprint density at radius 2 is 2.00 bits per heavy atom. The highest BCUT2D eigenvalue weighted by atomic mass is 16.5. The van der Waals surface area contributed by atoms with Crippen LogP contribution in [0.3, 0.4) is 0 Å². The van der Waals surface area contributed by atoms with E-state index in [0.29, 0.717) is 0 Å². The Labute approximate surface area is 97.7 Å². The number of amides is 1. The lowest BCUT2D eigenvalue weighted by atomic mass is 10.2. The summed E-state index contributed by atoms with van der Waals surface area (Å²) in [6, 6.07) is -2.52. The minimum Gasteiger partial charge on any atom is -0.481 e. The molecule has 0 rings (SSSR count). The number of aliphatic hydroxyl groups excluding tert-OH is 1. The summed E-state index contributed by atoms with van der Waals surface area (Å²) in [5.74, 6) is -2.87. The predicted molar refractivity (Wildman–Crippen MR) is 55.9 cm³/mol. The van der Waals surface area contributed by atoms with E-state index >= 15 is 0 Å². The molecule has 0 heterocycles. The number of carboxylic acid groups (broad SMARTS) is 1. The summed E-state index contributed by atoms with van der Waals surface area (Å²) in [5.41, 5.74) is 5.27. The van der Waals surface area contributed by atoms with Gasteiger partial charge in [0.05, 0.1) is 25.7 Å². The van der Waals surface area contributed by atoms with Crippen LogP contribution in [0.1, 0.15) is 13.3 Å². The van der Waals surface area contributed by atoms with Gasteiger partial charge in [-0.05, 0) is 6.92 Å². The van der Waals surface area contributed by atoms with Crippen LogP contribution in [-0.4, -0.2) is 53.4 Å². The smallest absolute Gasteiger partial charge is 0.331 e. The van der Waals surface area contributed by atoms with Crippen LogP contribution in [0, 0.1) is 0 Å². The van der Waals surface area contributed by atoms with Gasteiger partial charge < -0.3 is 26.0 Å². The Kier molecular flexibility index (Phi) is 6.83. The van der Waals surface area contributed by atoms with E-state index < -0.39 is 43.0 Å². The first-order valence-corrected chi connectivity index (χ1v) is 4.97. The molecule has 0 unspecified atom stereocenters. The standard InChI is InChI=1S/C9H16N2O6/c1-2-17-9(16)6(4-12)11-8(15)5(10)3-7(13)14/h5-6,12H,2-4,10H2,1H3,(H,11,15)(H,13,14)/t5-,6+/m1/s1. The summed E-state index contributed by atoms with van der Waals surface area (Å²) in [6.45, 7) is 1.03. The Balaban J connectivity index is 4.32. The molecule has 0 saturated heterocycles. The van der Waals surface area contributed by atoms with Gasteiger partial charge in [0, 0.05) is 0 Å². The van der Waals surface area contributed by atoms with Gasteiger partial charge in [-0.1, -0.05) is 0 Å². The van der Waals surface area contributed by atoms with Gasteiger partial charge in [0.15, 0.2) is 6.04 Å². The SMILES string of the molecule is CCOC(=O)[C@H](CO)NC(=O)[C@H](N)CC(=O)O. The molecule has 0 aromatic rings. The number of carbonyl (C=O) groups excluding carboxylic acids is 2. The Bertz CT molecular complexity index is 293. The average molecular weight is 248 g/mol. The molecule has 0 aliphatic heterocycles. The second-order valence-electron chi connectivity index (χ2n) is 3.20. The van der Waals surface area contributed by atoms with Crippen LogP contribution in [0.5, 0.6) is 0 Å². The van der Waals surface area contributed by atoms with Crippen molar-refractivity contribution in [1.82, 2.24) is 5.32 Å². The second-order valence-corrected chi connectivity index (χ2v) is 3.20. The first-order chi connectivity index (χ1) is 7.92. The zero-order valence-corrected chi connectivity index (χ0v) is 9.38. The minimum atomic E-state index is -1.28. The third-order valence-corrected chi connectivity index (χ3v) is 1.80. The number of aliphatic carboxylic acids is 1. The van der Waals surface area contributed by atoms with Crippen molar-refractivity contribution in [3.05, 3.63) is 0 Å². The molecule has 0 spiro atoms. The van der Waals surface area contributed by atoms with Crippen LogP contribution in [-0.2, 0) is 19.1 Å². The number of nitrogens with two attached hydrogens (primary N) is 1. The molecule has 8 nitrogen and oxygen atoms in total. The summed E-state index contributed by atoms with van der Waals surface area (Å²) in [6.07, 6.45) is -0.563. The van der Waals surface area contributed by atoms with Gasteiger partial charge in [0.25, 0.3) is 0 Å². The van der Waals surface area contributed by atoms with Crippen molar-refractivity contribution in [2.24, 2.45) is 5.73 Å². The highest BCUT2D eigenvalue weighted by Crippen LogP contribution is 1.93. The molecule has 0 saturated carbocycles. The number of hydrogen-bond donors (Lipinski definition) is 4. The quantitative estimate of drug-likeness (QED) is 0.376. The topological polar surface area (TPSA) is 139 Å². The van der Waals surface area contributed by atoms with Crippen molar-refractivity contribution >= 4 is 17.8 Å². The Morgan fingerprint density at radius 1 is 1.41 bits per heavy atom. The van der Waals surface area contributed by atoms with E-state index in [1.54, 1.807) is 6.92 Å². The van der Waals surface area contributed by atoms with Crippen molar-refractivity contribution in [3.8, 4) is 0 Å². The highest BCUT2D eigenvalue weighted by molar-refractivity contribution is 5.89. The number of carboxylic acids is 1. The van der Waals surface area contributed by atoms with Gasteiger partial charge in [-0.25, -0.2) is 4.79 Å². The van der Waals surface area contributed by atoms with Crippen molar-refractivity contribution in [3.63, 3.8) is 0 Å². The molecular weight excluding hydrogens is 232 g/mol. The van der Waals surface area contributed by atoms with Crippen LogP contribution >= 0.6 is 0 Å². The lowest BCUT2D eigenvalue weighted by molar-refractivity contribution is -0.148. The molecule has 0 fully saturated rings. The maximum Gasteiger partial charge on any atom is 0.331 e. The molecular formula is C9H16N2O6. The van der Waals surface area contributed by atoms with Crippen molar-refractivity contribution in [2.75, 3.05) is 13.2 Å². The molecule has 98 valence electrons. The number of hydrogen-bond acceptors (Lipinski definition) is 6. The number of esters is 1. The summed E-state index contributed by atoms with van der Waals surface area (Å²) >= 11 is 0. The van der Waals surface area contributed by atoms with Crippen molar-refractivity contribution in [2.45, 2.75) is 25.4 Å². The van der Waals surface area contributed by atoms with Gasteiger partial charge in [0.1, 0.15) is 0 Å². The third-order valence-electron chi connectivity index (χ3n) is 1.80. The van der Waals surface area contributed by atoms with Crippen LogP contribution in [0.15, 0.2) is 0 Å². The maximum atomic E-state index is 11.3. The van der Waals surface area contributed by atoms with E-state index in [9.17, 15) is 14.4 Å². The Morgan fingerprint density at radius 3 is 2.41 bits per heavy atom. The molecule has 17 heavy (non-hydrogen) atoms. The average Bonchev–Trinajstić information content (AvgIpc) is 2.24. The monoisotopic (exact) mass is 248 g/mol. The lowest BCUT2D eigenvalue weighted by Crippen LogP contribution is -2.51. The molecule has 0 aromatic carbocycles. The van der Waals surface area contributed by atoms with Gasteiger partial charge >= 0.3 is 11.9 Å². The minimum absolute atomic E-state index is 0.104. The fourth-order valence-corrected chi connectivity index (χ4v) is 0.982. The molecule has 8 heteroatoms. The fourth-order valence-electron chi connectivity index (χ4n) is 0.982. The van der Waals surface area contributed by atoms with Crippen LogP contribution in [0.4, 0.5) is 0 Å². The van der Waals surface area contributed by atoms with E-state index in [4.69, 9.17) is 15.9 Å². The Hall–Kier alpha value is -1.67. The first-order valence-electron chi connectivity index (χ1n) is 4.97. The van der Waals surface area contributed by atoms with E-state index in [-0.39, 0.29) is 6.61 Å². The molecule has 5 N–H and O–H groups in total. The zero-order chi connectivity index (χ0) is 13.4. The lowest BCUT2D eigenvalue weighted by Gasteiger charge is -2.17. The molecule has 0 aliphatic rings. The second kappa shape index (κ2) is 7.58. The van der Waals surface area contributed by atoms with Crippen LogP contribution in [0.2, 0.25) is 0 Å². The fraction of sp³-hybridized carbons (Fsp3) is 0.667. The van der Waals surface area contributed by atoms with Gasteiger partial charge in [-0.2, -0.15) is 0 Å². The number of nitrogens with one attached hydrogen (secondary N) is 1. The third kappa shape index (κ3) is 5.83. The highest BCUT2D eigenvalue weighted by Gasteiger charge is 2.25.